The maximum Gasteiger partial charge on any atom is 0.387 e. The van der Waals surface area contributed by atoms with E-state index in [2.05, 4.69) is 0 Å². The van der Waals surface area contributed by atoms with E-state index in [0.29, 0.717) is 38.5 Å². The molecule has 0 amide bonds. The Bertz CT molecular complexity index is 2220. The summed E-state index contributed by atoms with van der Waals surface area (Å²) in [6, 6.07) is 7.59. The molecule has 0 aliphatic rings. The van der Waals surface area contributed by atoms with Crippen LogP contribution in [-0.2, 0) is 47.9 Å². The molecule has 0 heterocycles. The van der Waals surface area contributed by atoms with Gasteiger partial charge in [0.05, 0.1) is 11.1 Å². The Morgan fingerprint density at radius 1 is 0.317 bits per heavy atom. The normalized spacial score (nSPS) is 12.8. The summed E-state index contributed by atoms with van der Waals surface area (Å²) in [6.07, 6.45) is 6.04. The van der Waals surface area contributed by atoms with Crippen molar-refractivity contribution in [3.8, 4) is 0 Å². The summed E-state index contributed by atoms with van der Waals surface area (Å²) < 4.78 is 23.4. The van der Waals surface area contributed by atoms with Crippen molar-refractivity contribution < 1.29 is 76.7 Å². The number of esters is 4. The highest BCUT2D eigenvalue weighted by Gasteiger charge is 2.38. The van der Waals surface area contributed by atoms with Crippen molar-refractivity contribution in [2.45, 2.75) is 262 Å². The lowest BCUT2D eigenvalue weighted by molar-refractivity contribution is -0.187. The van der Waals surface area contributed by atoms with Crippen molar-refractivity contribution in [1.82, 2.24) is 0 Å². The van der Waals surface area contributed by atoms with Crippen LogP contribution in [0.2, 0.25) is 0 Å². The number of rotatable bonds is 42. The summed E-state index contributed by atoms with van der Waals surface area (Å²) in [5.41, 5.74) is -2.79. The fraction of sp³-hybridized carbons (Fsp3) is 0.667. The van der Waals surface area contributed by atoms with E-state index < -0.39 is 106 Å². The molecule has 0 radical (unpaired) electrons. The van der Waals surface area contributed by atoms with Crippen LogP contribution in [-0.4, -0.2) is 83.4 Å². The average Bonchev–Trinajstić information content (AvgIpc) is 3.61. The van der Waals surface area contributed by atoms with E-state index in [-0.39, 0.29) is 86.2 Å². The predicted octanol–water partition coefficient (Wildman–Crippen LogP) is 15.1. The Kier molecular flexibility index (Phi) is 34.6. The van der Waals surface area contributed by atoms with Gasteiger partial charge in [-0.05, 0) is 87.2 Å². The highest BCUT2D eigenvalue weighted by Crippen LogP contribution is 2.29. The van der Waals surface area contributed by atoms with Gasteiger partial charge in [0.25, 0.3) is 0 Å². The fourth-order valence-corrected chi connectivity index (χ4v) is 9.38. The van der Waals surface area contributed by atoms with Crippen LogP contribution < -0.4 is 0 Å². The van der Waals surface area contributed by atoms with Gasteiger partial charge in [-0.1, -0.05) is 184 Å². The molecule has 0 N–H and O–H groups in total. The average molecular weight is 1150 g/mol. The number of ketones is 4. The number of hydrogen-bond donors (Lipinski definition) is 0. The van der Waals surface area contributed by atoms with E-state index in [1.807, 2.05) is 83.1 Å². The lowest BCUT2D eigenvalue weighted by Crippen LogP contribution is -2.34. The zero-order valence-corrected chi connectivity index (χ0v) is 51.6. The van der Waals surface area contributed by atoms with Crippen LogP contribution in [0.3, 0.4) is 0 Å². The summed E-state index contributed by atoms with van der Waals surface area (Å²) >= 11 is 0. The highest BCUT2D eigenvalue weighted by atomic mass is 17.2. The largest absolute Gasteiger partial charge is 0.454 e. The van der Waals surface area contributed by atoms with Crippen molar-refractivity contribution in [3.63, 3.8) is 0 Å². The van der Waals surface area contributed by atoms with E-state index >= 15 is 9.59 Å². The summed E-state index contributed by atoms with van der Waals surface area (Å²) in [7, 11) is 0. The van der Waals surface area contributed by atoms with Gasteiger partial charge in [0, 0.05) is 47.9 Å². The molecular formula is C66H98O16. The molecule has 0 aliphatic carbocycles. The molecule has 0 bridgehead atoms. The van der Waals surface area contributed by atoms with E-state index in [9.17, 15) is 38.4 Å². The van der Waals surface area contributed by atoms with Gasteiger partial charge in [0.15, 0.2) is 24.4 Å². The first-order valence-corrected chi connectivity index (χ1v) is 30.6. The molecule has 4 unspecified atom stereocenters. The first kappa shape index (κ1) is 72.0. The third-order valence-electron chi connectivity index (χ3n) is 13.6. The molecule has 16 nitrogen and oxygen atoms in total. The maximum absolute atomic E-state index is 15.1. The second-order valence-electron chi connectivity index (χ2n) is 23.4. The van der Waals surface area contributed by atoms with Crippen molar-refractivity contribution in [1.29, 1.82) is 0 Å². The first-order valence-electron chi connectivity index (χ1n) is 30.6. The van der Waals surface area contributed by atoms with E-state index in [4.69, 9.17) is 28.7 Å². The monoisotopic (exact) mass is 1150 g/mol. The molecular weight excluding hydrogens is 1050 g/mol. The van der Waals surface area contributed by atoms with E-state index in [0.717, 1.165) is 64.2 Å². The molecule has 4 atom stereocenters. The van der Waals surface area contributed by atoms with E-state index in [1.165, 1.54) is 36.4 Å². The fourth-order valence-electron chi connectivity index (χ4n) is 9.38. The molecule has 0 aliphatic heterocycles. The number of carbonyl (C=O) groups excluding carboxylic acids is 10. The van der Waals surface area contributed by atoms with Crippen molar-refractivity contribution in [2.75, 3.05) is 0 Å². The number of ether oxygens (including phenoxy) is 4. The number of hydrogen-bond acceptors (Lipinski definition) is 16. The standard InChI is InChI=1S/C66H98O16/c1-13-17-21-25-35-51(77-55(67)39-43(5)6)61(71)47-31-29-33-49(59(47)63(73)53(37-27-23-19-15-3)79-57(69)41-45(9)10)65(75)81-82-66(76)50-34-30-32-48(62(72)52(36-26-22-18-14-2)78-56(68)40-44(7)8)60(50)64(74)54(38-28-24-20-16-4)80-58(70)42-46(11)12/h29-34,43-46,51-54H,13-28,35-42H2,1-12H3. The van der Waals surface area contributed by atoms with Crippen molar-refractivity contribution in [3.05, 3.63) is 69.8 Å². The van der Waals surface area contributed by atoms with Crippen molar-refractivity contribution in [2.24, 2.45) is 23.7 Å². The Morgan fingerprint density at radius 2 is 0.549 bits per heavy atom. The van der Waals surface area contributed by atoms with Gasteiger partial charge < -0.3 is 18.9 Å². The third kappa shape index (κ3) is 26.0. The lowest BCUT2D eigenvalue weighted by atomic mass is 9.88. The van der Waals surface area contributed by atoms with E-state index in [1.54, 1.807) is 0 Å². The van der Waals surface area contributed by atoms with Crippen LogP contribution in [0.4, 0.5) is 0 Å². The van der Waals surface area contributed by atoms with Gasteiger partial charge in [0.2, 0.25) is 23.1 Å². The summed E-state index contributed by atoms with van der Waals surface area (Å²) in [6.45, 7) is 22.6. The number of benzene rings is 2. The van der Waals surface area contributed by atoms with Crippen molar-refractivity contribution >= 4 is 58.9 Å². The zero-order valence-electron chi connectivity index (χ0n) is 51.6. The second kappa shape index (κ2) is 39.4. The highest BCUT2D eigenvalue weighted by molar-refractivity contribution is 6.18. The Balaban J connectivity index is 2.98. The zero-order chi connectivity index (χ0) is 61.3. The van der Waals surface area contributed by atoms with Gasteiger partial charge in [-0.3, -0.25) is 38.4 Å². The summed E-state index contributed by atoms with van der Waals surface area (Å²) in [5.74, 6) is -9.40. The van der Waals surface area contributed by atoms with Gasteiger partial charge in [-0.25, -0.2) is 19.4 Å². The molecule has 0 saturated heterocycles. The number of Topliss-reactive ketones (excluding diaryl/α,β-unsaturated/α-hetero) is 4. The minimum Gasteiger partial charge on any atom is -0.454 e. The second-order valence-corrected chi connectivity index (χ2v) is 23.4. The molecule has 0 fully saturated rings. The molecule has 2 aromatic carbocycles. The topological polar surface area (TPSA) is 226 Å². The molecule has 0 aromatic heterocycles. The van der Waals surface area contributed by atoms with Crippen LogP contribution in [0, 0.1) is 23.7 Å². The minimum atomic E-state index is -1.48. The number of carbonyl (C=O) groups is 10. The van der Waals surface area contributed by atoms with Crippen LogP contribution in [0.25, 0.3) is 0 Å². The van der Waals surface area contributed by atoms with Crippen LogP contribution in [0.15, 0.2) is 36.4 Å². The molecule has 2 rings (SSSR count). The number of unbranched alkanes of at least 4 members (excludes halogenated alkanes) is 12. The Hall–Kier alpha value is -6.06. The quantitative estimate of drug-likeness (QED) is 0.0150. The Labute approximate surface area is 488 Å². The summed E-state index contributed by atoms with van der Waals surface area (Å²) in [5, 5.41) is 0. The molecule has 2 aromatic rings. The minimum absolute atomic E-state index is 0.00650. The Morgan fingerprint density at radius 3 is 0.780 bits per heavy atom. The first-order chi connectivity index (χ1) is 39.0. The molecule has 458 valence electrons. The predicted molar refractivity (Wildman–Crippen MR) is 313 cm³/mol. The summed E-state index contributed by atoms with van der Waals surface area (Å²) in [4.78, 5) is 153. The lowest BCUT2D eigenvalue weighted by Gasteiger charge is -2.23. The SMILES string of the molecule is CCCCCCC(OC(=O)CC(C)C)C(=O)c1cccc(C(=O)OOC(=O)c2cccc(C(=O)C(CCCCCC)OC(=O)CC(C)C)c2C(=O)C(CCCCCC)OC(=O)CC(C)C)c1C(=O)C(CCCCCC)OC(=O)CC(C)C. The van der Waals surface area contributed by atoms with Crippen LogP contribution in [0.5, 0.6) is 0 Å². The van der Waals surface area contributed by atoms with Gasteiger partial charge in [-0.2, -0.15) is 0 Å². The maximum atomic E-state index is 15.1. The molecule has 82 heavy (non-hydrogen) atoms. The third-order valence-corrected chi connectivity index (χ3v) is 13.6. The van der Waals surface area contributed by atoms with Crippen LogP contribution in [0.1, 0.15) is 299 Å². The van der Waals surface area contributed by atoms with Gasteiger partial charge in [-0.15, -0.1) is 0 Å². The van der Waals surface area contributed by atoms with Gasteiger partial charge >= 0.3 is 35.8 Å². The molecule has 16 heteroatoms. The molecule has 0 spiro atoms. The smallest absolute Gasteiger partial charge is 0.387 e. The molecule has 0 saturated carbocycles. The van der Waals surface area contributed by atoms with Crippen LogP contribution >= 0.6 is 0 Å². The van der Waals surface area contributed by atoms with Gasteiger partial charge in [0.1, 0.15) is 0 Å².